The van der Waals surface area contributed by atoms with Gasteiger partial charge in [0, 0.05) is 19.3 Å². The van der Waals surface area contributed by atoms with E-state index in [0.717, 1.165) is 11.1 Å². The van der Waals surface area contributed by atoms with E-state index >= 15 is 0 Å². The number of nitrogens with one attached hydrogen (secondary N) is 1. The highest BCUT2D eigenvalue weighted by atomic mass is 32.2. The first-order valence-electron chi connectivity index (χ1n) is 6.72. The molecule has 1 aromatic heterocycles. The molecule has 0 fully saturated rings. The molecule has 0 amide bonds. The van der Waals surface area contributed by atoms with Crippen molar-refractivity contribution in [2.45, 2.75) is 24.4 Å². The molecular formula is C15H19N3O2S. The van der Waals surface area contributed by atoms with Crippen molar-refractivity contribution >= 4 is 10.0 Å². The van der Waals surface area contributed by atoms with Gasteiger partial charge in [-0.2, -0.15) is 0 Å². The van der Waals surface area contributed by atoms with E-state index in [0.29, 0.717) is 13.1 Å². The van der Waals surface area contributed by atoms with E-state index < -0.39 is 10.0 Å². The normalized spacial score (nSPS) is 13.0. The molecule has 0 saturated carbocycles. The molecule has 0 bridgehead atoms. The summed E-state index contributed by atoms with van der Waals surface area (Å²) in [5.74, 6) is 0.0873. The zero-order valence-corrected chi connectivity index (χ0v) is 12.7. The summed E-state index contributed by atoms with van der Waals surface area (Å²) < 4.78 is 26.9. The molecule has 112 valence electrons. The van der Waals surface area contributed by atoms with E-state index in [1.807, 2.05) is 37.3 Å². The van der Waals surface area contributed by atoms with Crippen LogP contribution in [-0.4, -0.2) is 19.9 Å². The summed E-state index contributed by atoms with van der Waals surface area (Å²) in [5, 5.41) is 0.0139. The second-order valence-corrected chi connectivity index (χ2v) is 6.59. The summed E-state index contributed by atoms with van der Waals surface area (Å²) in [5.41, 5.74) is 7.35. The van der Waals surface area contributed by atoms with Crippen molar-refractivity contribution in [1.82, 2.24) is 9.71 Å². The molecule has 1 unspecified atom stereocenters. The fraction of sp³-hybridized carbons (Fsp3) is 0.267. The van der Waals surface area contributed by atoms with Gasteiger partial charge in [0.05, 0.1) is 0 Å². The first-order valence-corrected chi connectivity index (χ1v) is 8.21. The van der Waals surface area contributed by atoms with Crippen LogP contribution in [0.2, 0.25) is 0 Å². The van der Waals surface area contributed by atoms with Gasteiger partial charge in [-0.05, 0) is 23.1 Å². The molecule has 0 aliphatic heterocycles. The van der Waals surface area contributed by atoms with Crippen molar-refractivity contribution < 1.29 is 8.42 Å². The van der Waals surface area contributed by atoms with Gasteiger partial charge < -0.3 is 5.73 Å². The Morgan fingerprint density at radius 1 is 1.19 bits per heavy atom. The number of hydrogen-bond acceptors (Lipinski definition) is 4. The van der Waals surface area contributed by atoms with Crippen LogP contribution in [0.25, 0.3) is 0 Å². The van der Waals surface area contributed by atoms with Crippen LogP contribution in [0.1, 0.15) is 24.0 Å². The fourth-order valence-corrected chi connectivity index (χ4v) is 2.95. The van der Waals surface area contributed by atoms with Crippen molar-refractivity contribution in [3.8, 4) is 0 Å². The molecule has 0 saturated heterocycles. The van der Waals surface area contributed by atoms with Gasteiger partial charge in [0.2, 0.25) is 0 Å². The SMILES string of the molecule is CC(CNS(=O)(=O)c1ccc(CN)cn1)c1ccccc1. The van der Waals surface area contributed by atoms with Gasteiger partial charge in [-0.1, -0.05) is 43.3 Å². The van der Waals surface area contributed by atoms with Crippen LogP contribution < -0.4 is 10.5 Å². The highest BCUT2D eigenvalue weighted by molar-refractivity contribution is 7.89. The molecule has 2 rings (SSSR count). The van der Waals surface area contributed by atoms with E-state index in [2.05, 4.69) is 9.71 Å². The summed E-state index contributed by atoms with van der Waals surface area (Å²) in [6, 6.07) is 12.9. The molecule has 0 radical (unpaired) electrons. The van der Waals surface area contributed by atoms with Gasteiger partial charge in [-0.15, -0.1) is 0 Å². The van der Waals surface area contributed by atoms with Crippen LogP contribution in [-0.2, 0) is 16.6 Å². The van der Waals surface area contributed by atoms with Crippen LogP contribution >= 0.6 is 0 Å². The lowest BCUT2D eigenvalue weighted by atomic mass is 10.0. The smallest absolute Gasteiger partial charge is 0.258 e. The summed E-state index contributed by atoms with van der Waals surface area (Å²) in [6.07, 6.45) is 1.48. The van der Waals surface area contributed by atoms with Gasteiger partial charge in [0.15, 0.2) is 5.03 Å². The third-order valence-electron chi connectivity index (χ3n) is 3.26. The Bertz CT molecular complexity index is 670. The lowest BCUT2D eigenvalue weighted by Gasteiger charge is -2.13. The van der Waals surface area contributed by atoms with Gasteiger partial charge in [-0.25, -0.2) is 18.1 Å². The Morgan fingerprint density at radius 3 is 2.48 bits per heavy atom. The second kappa shape index (κ2) is 6.80. The number of sulfonamides is 1. The Kier molecular flexibility index (Phi) is 5.06. The standard InChI is InChI=1S/C15H19N3O2S/c1-12(14-5-3-2-4-6-14)10-18-21(19,20)15-8-7-13(9-16)11-17-15/h2-8,11-12,18H,9-10,16H2,1H3. The predicted molar refractivity (Wildman–Crippen MR) is 82.2 cm³/mol. The Morgan fingerprint density at radius 2 is 1.90 bits per heavy atom. The number of nitrogens with two attached hydrogens (primary N) is 1. The van der Waals surface area contributed by atoms with Crippen LogP contribution in [0, 0.1) is 0 Å². The van der Waals surface area contributed by atoms with Crippen LogP contribution in [0.3, 0.4) is 0 Å². The average Bonchev–Trinajstić information content (AvgIpc) is 2.53. The fourth-order valence-electron chi connectivity index (χ4n) is 1.90. The number of hydrogen-bond donors (Lipinski definition) is 2. The summed E-state index contributed by atoms with van der Waals surface area (Å²) >= 11 is 0. The lowest BCUT2D eigenvalue weighted by Crippen LogP contribution is -2.28. The molecular weight excluding hydrogens is 286 g/mol. The van der Waals surface area contributed by atoms with E-state index in [-0.39, 0.29) is 10.9 Å². The monoisotopic (exact) mass is 305 g/mol. The van der Waals surface area contributed by atoms with Crippen molar-refractivity contribution in [1.29, 1.82) is 0 Å². The Hall–Kier alpha value is -1.76. The number of nitrogens with zero attached hydrogens (tertiary/aromatic N) is 1. The minimum absolute atomic E-state index is 0.0139. The quantitative estimate of drug-likeness (QED) is 0.849. The maximum Gasteiger partial charge on any atom is 0.258 e. The zero-order valence-electron chi connectivity index (χ0n) is 11.9. The van der Waals surface area contributed by atoms with Gasteiger partial charge >= 0.3 is 0 Å². The molecule has 1 atom stereocenters. The number of benzene rings is 1. The summed E-state index contributed by atoms with van der Waals surface area (Å²) in [6.45, 7) is 2.64. The average molecular weight is 305 g/mol. The zero-order chi connectivity index (χ0) is 15.3. The van der Waals surface area contributed by atoms with Crippen LogP contribution in [0.15, 0.2) is 53.7 Å². The topological polar surface area (TPSA) is 85.1 Å². The second-order valence-electron chi connectivity index (χ2n) is 4.87. The molecule has 6 heteroatoms. The highest BCUT2D eigenvalue weighted by Gasteiger charge is 2.17. The van der Waals surface area contributed by atoms with E-state index in [9.17, 15) is 8.42 Å². The third kappa shape index (κ3) is 4.10. The van der Waals surface area contributed by atoms with Crippen LogP contribution in [0.4, 0.5) is 0 Å². The molecule has 1 heterocycles. The molecule has 5 nitrogen and oxygen atoms in total. The largest absolute Gasteiger partial charge is 0.326 e. The highest BCUT2D eigenvalue weighted by Crippen LogP contribution is 2.14. The molecule has 2 aromatic rings. The molecule has 21 heavy (non-hydrogen) atoms. The van der Waals surface area contributed by atoms with E-state index in [4.69, 9.17) is 5.73 Å². The molecule has 3 N–H and O–H groups in total. The van der Waals surface area contributed by atoms with Crippen LogP contribution in [0.5, 0.6) is 0 Å². The Labute approximate surface area is 125 Å². The maximum atomic E-state index is 12.2. The first kappa shape index (κ1) is 15.6. The molecule has 0 aliphatic rings. The van der Waals surface area contributed by atoms with Gasteiger partial charge in [0.1, 0.15) is 0 Å². The lowest BCUT2D eigenvalue weighted by molar-refractivity contribution is 0.571. The number of aromatic nitrogens is 1. The maximum absolute atomic E-state index is 12.2. The molecule has 0 spiro atoms. The van der Waals surface area contributed by atoms with Gasteiger partial charge in [0.25, 0.3) is 10.0 Å². The Balaban J connectivity index is 2.04. The summed E-state index contributed by atoms with van der Waals surface area (Å²) in [4.78, 5) is 3.94. The van der Waals surface area contributed by atoms with Gasteiger partial charge in [-0.3, -0.25) is 0 Å². The molecule has 1 aromatic carbocycles. The number of pyridine rings is 1. The minimum atomic E-state index is -3.59. The van der Waals surface area contributed by atoms with Crippen molar-refractivity contribution in [3.05, 3.63) is 59.8 Å². The number of rotatable bonds is 6. The van der Waals surface area contributed by atoms with Crippen molar-refractivity contribution in [2.75, 3.05) is 6.54 Å². The first-order chi connectivity index (χ1) is 10.0. The van der Waals surface area contributed by atoms with E-state index in [1.165, 1.54) is 12.3 Å². The summed E-state index contributed by atoms with van der Waals surface area (Å²) in [7, 11) is -3.59. The third-order valence-corrected chi connectivity index (χ3v) is 4.60. The van der Waals surface area contributed by atoms with E-state index in [1.54, 1.807) is 6.07 Å². The molecule has 0 aliphatic carbocycles. The van der Waals surface area contributed by atoms with Crippen molar-refractivity contribution in [3.63, 3.8) is 0 Å². The van der Waals surface area contributed by atoms with Crippen molar-refractivity contribution in [2.24, 2.45) is 5.73 Å². The predicted octanol–water partition coefficient (Wildman–Crippen LogP) is 1.62. The minimum Gasteiger partial charge on any atom is -0.326 e.